The second kappa shape index (κ2) is 5.28. The number of nitrogens with zero attached hydrogens (tertiary/aromatic N) is 2. The Morgan fingerprint density at radius 3 is 2.80 bits per heavy atom. The fraction of sp³-hybridized carbons (Fsp3) is 0.571. The Balaban J connectivity index is 1.83. The first-order valence-corrected chi connectivity index (χ1v) is 6.93. The molecule has 2 N–H and O–H groups in total. The number of anilines is 1. The Kier molecular flexibility index (Phi) is 3.48. The molecule has 1 aromatic heterocycles. The van der Waals surface area contributed by atoms with Gasteiger partial charge in [-0.3, -0.25) is 0 Å². The Bertz CT molecular complexity index is 516. The zero-order valence-corrected chi connectivity index (χ0v) is 11.2. The Labute approximate surface area is 117 Å². The van der Waals surface area contributed by atoms with E-state index in [1.165, 1.54) is 6.07 Å². The van der Waals surface area contributed by atoms with Crippen molar-refractivity contribution in [3.63, 3.8) is 0 Å². The van der Waals surface area contributed by atoms with Crippen LogP contribution in [0.5, 0.6) is 5.88 Å². The standard InChI is InChI=1S/C14H18N2O4/c17-10-5-6-16(7-10)12-4-3-11(14(18)19)15-13(12)20-8-9-1-2-9/h3-4,9-10,17H,1-2,5-8H2,(H,18,19). The fourth-order valence-electron chi connectivity index (χ4n) is 2.34. The highest BCUT2D eigenvalue weighted by atomic mass is 16.5. The second-order valence-corrected chi connectivity index (χ2v) is 5.47. The highest BCUT2D eigenvalue weighted by Crippen LogP contribution is 2.33. The van der Waals surface area contributed by atoms with E-state index in [1.54, 1.807) is 6.07 Å². The van der Waals surface area contributed by atoms with Crippen LogP contribution in [0.4, 0.5) is 5.69 Å². The number of ether oxygens (including phenoxy) is 1. The van der Waals surface area contributed by atoms with Crippen molar-refractivity contribution in [3.8, 4) is 5.88 Å². The summed E-state index contributed by atoms with van der Waals surface area (Å²) in [7, 11) is 0. The highest BCUT2D eigenvalue weighted by molar-refractivity contribution is 5.86. The highest BCUT2D eigenvalue weighted by Gasteiger charge is 2.27. The summed E-state index contributed by atoms with van der Waals surface area (Å²) in [4.78, 5) is 17.1. The molecule has 3 rings (SSSR count). The number of carbonyl (C=O) groups is 1. The monoisotopic (exact) mass is 278 g/mol. The minimum Gasteiger partial charge on any atom is -0.477 e. The first kappa shape index (κ1) is 13.2. The summed E-state index contributed by atoms with van der Waals surface area (Å²) in [5.74, 6) is -0.123. The van der Waals surface area contributed by atoms with Gasteiger partial charge in [-0.15, -0.1) is 0 Å². The minimum absolute atomic E-state index is 0.0145. The van der Waals surface area contributed by atoms with Gasteiger partial charge in [0.25, 0.3) is 0 Å². The van der Waals surface area contributed by atoms with Crippen molar-refractivity contribution >= 4 is 11.7 Å². The molecular formula is C14H18N2O4. The third-order valence-electron chi connectivity index (χ3n) is 3.72. The zero-order valence-electron chi connectivity index (χ0n) is 11.2. The van der Waals surface area contributed by atoms with Gasteiger partial charge < -0.3 is 19.8 Å². The molecule has 0 bridgehead atoms. The molecule has 1 aliphatic heterocycles. The summed E-state index contributed by atoms with van der Waals surface area (Å²) in [6, 6.07) is 3.20. The van der Waals surface area contributed by atoms with Gasteiger partial charge in [0, 0.05) is 13.1 Å². The third kappa shape index (κ3) is 2.85. The van der Waals surface area contributed by atoms with Gasteiger partial charge in [-0.1, -0.05) is 0 Å². The number of rotatable bonds is 5. The number of β-amino-alcohol motifs (C(OH)–C–C–N with tert-alkyl or cyclic N) is 1. The molecule has 1 aromatic rings. The number of pyridine rings is 1. The van der Waals surface area contributed by atoms with E-state index in [4.69, 9.17) is 9.84 Å². The van der Waals surface area contributed by atoms with E-state index in [9.17, 15) is 9.90 Å². The molecule has 1 saturated carbocycles. The van der Waals surface area contributed by atoms with E-state index in [-0.39, 0.29) is 11.8 Å². The smallest absolute Gasteiger partial charge is 0.354 e. The summed E-state index contributed by atoms with van der Waals surface area (Å²) < 4.78 is 5.70. The van der Waals surface area contributed by atoms with Gasteiger partial charge in [0.05, 0.1) is 12.7 Å². The summed E-state index contributed by atoms with van der Waals surface area (Å²) in [6.07, 6.45) is 2.70. The molecule has 1 unspecified atom stereocenters. The number of carboxylic acids is 1. The normalized spacial score (nSPS) is 22.1. The molecule has 2 aliphatic rings. The van der Waals surface area contributed by atoms with Crippen LogP contribution in [-0.4, -0.2) is 47.0 Å². The average molecular weight is 278 g/mol. The number of hydrogen-bond acceptors (Lipinski definition) is 5. The van der Waals surface area contributed by atoms with Crippen molar-refractivity contribution in [1.82, 2.24) is 4.98 Å². The van der Waals surface area contributed by atoms with E-state index in [1.807, 2.05) is 4.90 Å². The molecular weight excluding hydrogens is 260 g/mol. The zero-order chi connectivity index (χ0) is 14.1. The first-order chi connectivity index (χ1) is 9.63. The van der Waals surface area contributed by atoms with Crippen molar-refractivity contribution in [2.45, 2.75) is 25.4 Å². The molecule has 6 nitrogen and oxygen atoms in total. The predicted molar refractivity (Wildman–Crippen MR) is 72.3 cm³/mol. The second-order valence-electron chi connectivity index (χ2n) is 5.47. The summed E-state index contributed by atoms with van der Waals surface area (Å²) >= 11 is 0. The van der Waals surface area contributed by atoms with Crippen LogP contribution in [0.15, 0.2) is 12.1 Å². The first-order valence-electron chi connectivity index (χ1n) is 6.93. The topological polar surface area (TPSA) is 82.9 Å². The molecule has 0 amide bonds. The van der Waals surface area contributed by atoms with E-state index in [0.717, 1.165) is 25.1 Å². The maximum Gasteiger partial charge on any atom is 0.354 e. The van der Waals surface area contributed by atoms with Crippen LogP contribution in [0, 0.1) is 5.92 Å². The Hall–Kier alpha value is -1.82. The van der Waals surface area contributed by atoms with Crippen molar-refractivity contribution in [2.24, 2.45) is 5.92 Å². The van der Waals surface area contributed by atoms with Crippen molar-refractivity contribution in [1.29, 1.82) is 0 Å². The lowest BCUT2D eigenvalue weighted by Gasteiger charge is -2.20. The van der Waals surface area contributed by atoms with E-state index < -0.39 is 5.97 Å². The molecule has 2 fully saturated rings. The Morgan fingerprint density at radius 1 is 1.40 bits per heavy atom. The lowest BCUT2D eigenvalue weighted by molar-refractivity contribution is 0.0689. The van der Waals surface area contributed by atoms with Gasteiger partial charge in [-0.25, -0.2) is 9.78 Å². The largest absolute Gasteiger partial charge is 0.477 e. The molecule has 0 radical (unpaired) electrons. The Morgan fingerprint density at radius 2 is 2.20 bits per heavy atom. The maximum absolute atomic E-state index is 11.0. The summed E-state index contributed by atoms with van der Waals surface area (Å²) in [5, 5.41) is 18.7. The van der Waals surface area contributed by atoms with Crippen molar-refractivity contribution < 1.29 is 19.7 Å². The molecule has 6 heteroatoms. The van der Waals surface area contributed by atoms with Gasteiger partial charge in [-0.05, 0) is 37.3 Å². The molecule has 0 spiro atoms. The van der Waals surface area contributed by atoms with Gasteiger partial charge >= 0.3 is 5.97 Å². The van der Waals surface area contributed by atoms with E-state index in [0.29, 0.717) is 31.4 Å². The lowest BCUT2D eigenvalue weighted by atomic mass is 10.3. The third-order valence-corrected chi connectivity index (χ3v) is 3.72. The minimum atomic E-state index is -1.06. The van der Waals surface area contributed by atoms with Crippen LogP contribution in [0.2, 0.25) is 0 Å². The molecule has 20 heavy (non-hydrogen) atoms. The summed E-state index contributed by atoms with van der Waals surface area (Å²) in [5.41, 5.74) is 0.756. The average Bonchev–Trinajstić information content (AvgIpc) is 3.17. The summed E-state index contributed by atoms with van der Waals surface area (Å²) in [6.45, 7) is 1.85. The molecule has 1 atom stereocenters. The van der Waals surface area contributed by atoms with E-state index >= 15 is 0 Å². The number of aliphatic hydroxyl groups is 1. The van der Waals surface area contributed by atoms with Gasteiger partial charge in [-0.2, -0.15) is 0 Å². The van der Waals surface area contributed by atoms with E-state index in [2.05, 4.69) is 4.98 Å². The number of aliphatic hydroxyl groups excluding tert-OH is 1. The SMILES string of the molecule is O=C(O)c1ccc(N2CCC(O)C2)c(OCC2CC2)n1. The molecule has 1 saturated heterocycles. The quantitative estimate of drug-likeness (QED) is 0.840. The van der Waals surface area contributed by atoms with Crippen LogP contribution in [0.1, 0.15) is 29.8 Å². The van der Waals surface area contributed by atoms with Crippen LogP contribution in [0.25, 0.3) is 0 Å². The predicted octanol–water partition coefficient (Wildman–Crippen LogP) is 1.14. The van der Waals surface area contributed by atoms with Crippen molar-refractivity contribution in [2.75, 3.05) is 24.6 Å². The van der Waals surface area contributed by atoms with Gasteiger partial charge in [0.2, 0.25) is 5.88 Å². The number of aromatic carboxylic acids is 1. The number of aromatic nitrogens is 1. The van der Waals surface area contributed by atoms with Crippen LogP contribution >= 0.6 is 0 Å². The van der Waals surface area contributed by atoms with Crippen LogP contribution in [-0.2, 0) is 0 Å². The number of carboxylic acid groups (broad SMARTS) is 1. The maximum atomic E-state index is 11.0. The molecule has 2 heterocycles. The molecule has 108 valence electrons. The molecule has 1 aliphatic carbocycles. The molecule has 0 aromatic carbocycles. The van der Waals surface area contributed by atoms with Crippen molar-refractivity contribution in [3.05, 3.63) is 17.8 Å². The van der Waals surface area contributed by atoms with Gasteiger partial charge in [0.15, 0.2) is 5.69 Å². The number of hydrogen-bond donors (Lipinski definition) is 2. The van der Waals surface area contributed by atoms with Crippen LogP contribution in [0.3, 0.4) is 0 Å². The lowest BCUT2D eigenvalue weighted by Crippen LogP contribution is -2.23. The fourth-order valence-corrected chi connectivity index (χ4v) is 2.34. The van der Waals surface area contributed by atoms with Crippen LogP contribution < -0.4 is 9.64 Å². The van der Waals surface area contributed by atoms with Gasteiger partial charge in [0.1, 0.15) is 5.69 Å².